The second-order valence-corrected chi connectivity index (χ2v) is 5.40. The number of alkyl halides is 11. The topological polar surface area (TPSA) is 26.3 Å². The van der Waals surface area contributed by atoms with Gasteiger partial charge in [-0.05, 0) is 12.1 Å². The molecule has 1 aromatic carbocycles. The van der Waals surface area contributed by atoms with Crippen LogP contribution in [0.4, 0.5) is 48.3 Å². The van der Waals surface area contributed by atoms with Crippen molar-refractivity contribution in [1.29, 1.82) is 0 Å². The van der Waals surface area contributed by atoms with Crippen LogP contribution in [0.15, 0.2) is 36.1 Å². The number of hydrogen-bond acceptors (Lipinski definition) is 2. The predicted octanol–water partition coefficient (Wildman–Crippen LogP) is 5.91. The minimum atomic E-state index is -7.63. The highest BCUT2D eigenvalue weighted by Crippen LogP contribution is 2.58. The summed E-state index contributed by atoms with van der Waals surface area (Å²) in [6, 6.07) is 3.89. The van der Waals surface area contributed by atoms with E-state index in [0.717, 1.165) is 18.2 Å². The molecule has 0 aliphatic carbocycles. The number of aldehydes is 1. The first-order valence-corrected chi connectivity index (χ1v) is 6.99. The first-order chi connectivity index (χ1) is 12.4. The monoisotopic (exact) mass is 450 g/mol. The molecule has 1 aromatic rings. The molecule has 0 saturated carbocycles. The van der Waals surface area contributed by atoms with Crippen LogP contribution >= 0.6 is 11.6 Å². The van der Waals surface area contributed by atoms with Gasteiger partial charge in [0, 0.05) is 6.08 Å². The third kappa shape index (κ3) is 3.76. The van der Waals surface area contributed by atoms with E-state index in [2.05, 4.69) is 4.74 Å². The average molecular weight is 451 g/mol. The van der Waals surface area contributed by atoms with Crippen LogP contribution in [0.3, 0.4) is 0 Å². The minimum absolute atomic E-state index is 0.556. The van der Waals surface area contributed by atoms with Gasteiger partial charge < -0.3 is 4.74 Å². The maximum absolute atomic E-state index is 14.0. The SMILES string of the molecule is O=C/C=C(\Oc1ccccc1Cl)C(F)(F)C(F)(F)C(F)(F)C(F)(F)C(F)(F)F. The Morgan fingerprint density at radius 1 is 0.821 bits per heavy atom. The first kappa shape index (κ1) is 24.0. The van der Waals surface area contributed by atoms with E-state index in [0.29, 0.717) is 0 Å². The molecule has 0 fully saturated rings. The Morgan fingerprint density at radius 3 is 1.75 bits per heavy atom. The number of para-hydroxylation sites is 1. The van der Waals surface area contributed by atoms with Crippen LogP contribution in [-0.4, -0.2) is 36.2 Å². The molecule has 0 bridgehead atoms. The molecule has 2 nitrogen and oxygen atoms in total. The molecule has 0 heterocycles. The van der Waals surface area contributed by atoms with Crippen molar-refractivity contribution in [2.24, 2.45) is 0 Å². The number of carbonyl (C=O) groups is 1. The summed E-state index contributed by atoms with van der Waals surface area (Å²) >= 11 is 5.47. The van der Waals surface area contributed by atoms with E-state index in [1.807, 2.05) is 0 Å². The molecule has 0 aliphatic rings. The van der Waals surface area contributed by atoms with Crippen molar-refractivity contribution in [3.8, 4) is 5.75 Å². The van der Waals surface area contributed by atoms with Crippen LogP contribution in [0.5, 0.6) is 5.75 Å². The van der Waals surface area contributed by atoms with Crippen molar-refractivity contribution in [2.45, 2.75) is 29.9 Å². The van der Waals surface area contributed by atoms with Crippen molar-refractivity contribution < 1.29 is 57.8 Å². The van der Waals surface area contributed by atoms with E-state index < -0.39 is 58.8 Å². The predicted molar refractivity (Wildman–Crippen MR) is 72.1 cm³/mol. The Kier molecular flexibility index (Phi) is 6.35. The third-order valence-corrected chi connectivity index (χ3v) is 3.44. The van der Waals surface area contributed by atoms with E-state index >= 15 is 0 Å². The van der Waals surface area contributed by atoms with E-state index in [-0.39, 0.29) is 0 Å². The van der Waals surface area contributed by atoms with Gasteiger partial charge in [-0.1, -0.05) is 23.7 Å². The average Bonchev–Trinajstić information content (AvgIpc) is 2.54. The lowest BCUT2D eigenvalue weighted by molar-refractivity contribution is -0.419. The minimum Gasteiger partial charge on any atom is -0.453 e. The smallest absolute Gasteiger partial charge is 0.453 e. The highest BCUT2D eigenvalue weighted by atomic mass is 35.5. The van der Waals surface area contributed by atoms with Gasteiger partial charge in [-0.3, -0.25) is 4.79 Å². The van der Waals surface area contributed by atoms with Crippen molar-refractivity contribution in [2.75, 3.05) is 0 Å². The molecular formula is C14H6ClF11O2. The molecule has 0 atom stereocenters. The first-order valence-electron chi connectivity index (χ1n) is 6.61. The van der Waals surface area contributed by atoms with Gasteiger partial charge in [0.2, 0.25) is 0 Å². The molecule has 0 aromatic heterocycles. The summed E-state index contributed by atoms with van der Waals surface area (Å²) in [5, 5.41) is -0.564. The molecule has 0 unspecified atom stereocenters. The fourth-order valence-electron chi connectivity index (χ4n) is 1.64. The summed E-state index contributed by atoms with van der Waals surface area (Å²) < 4.78 is 148. The van der Waals surface area contributed by atoms with Gasteiger partial charge >= 0.3 is 29.9 Å². The van der Waals surface area contributed by atoms with E-state index in [1.54, 1.807) is 0 Å². The summed E-state index contributed by atoms with van der Waals surface area (Å²) in [6.45, 7) is 0. The van der Waals surface area contributed by atoms with Crippen LogP contribution < -0.4 is 4.74 Å². The molecule has 0 spiro atoms. The number of carbonyl (C=O) groups excluding carboxylic acids is 1. The van der Waals surface area contributed by atoms with Gasteiger partial charge in [0.25, 0.3) is 0 Å². The standard InChI is InChI=1S/C14H6ClF11O2/c15-7-3-1-2-4-8(7)28-9(5-6-27)10(16,17)11(18,19)12(20,21)13(22,23)14(24,25)26/h1-6H/b9-5-. The second-order valence-electron chi connectivity index (χ2n) is 4.99. The summed E-state index contributed by atoms with van der Waals surface area (Å²) in [4.78, 5) is 10.4. The quantitative estimate of drug-likeness (QED) is 0.224. The Balaban J connectivity index is 3.52. The van der Waals surface area contributed by atoms with Crippen LogP contribution in [-0.2, 0) is 4.79 Å². The lowest BCUT2D eigenvalue weighted by Crippen LogP contribution is -2.67. The molecule has 0 saturated heterocycles. The number of allylic oxidation sites excluding steroid dienone is 2. The molecule has 28 heavy (non-hydrogen) atoms. The number of hydrogen-bond donors (Lipinski definition) is 0. The maximum atomic E-state index is 14.0. The van der Waals surface area contributed by atoms with Gasteiger partial charge in [0.15, 0.2) is 5.76 Å². The van der Waals surface area contributed by atoms with Gasteiger partial charge in [0.05, 0.1) is 5.02 Å². The fraction of sp³-hybridized carbons (Fsp3) is 0.357. The summed E-state index contributed by atoms with van der Waals surface area (Å²) in [5.74, 6) is -32.6. The fourth-order valence-corrected chi connectivity index (χ4v) is 1.81. The normalized spacial score (nSPS) is 14.8. The van der Waals surface area contributed by atoms with E-state index in [9.17, 15) is 53.1 Å². The zero-order valence-electron chi connectivity index (χ0n) is 12.8. The van der Waals surface area contributed by atoms with Crippen LogP contribution in [0.1, 0.15) is 0 Å². The zero-order valence-corrected chi connectivity index (χ0v) is 13.6. The Bertz CT molecular complexity index is 756. The molecule has 14 heteroatoms. The highest BCUT2D eigenvalue weighted by molar-refractivity contribution is 6.32. The molecular weight excluding hydrogens is 445 g/mol. The van der Waals surface area contributed by atoms with Crippen molar-refractivity contribution in [1.82, 2.24) is 0 Å². The Morgan fingerprint density at radius 2 is 1.32 bits per heavy atom. The number of benzene rings is 1. The number of rotatable bonds is 7. The lowest BCUT2D eigenvalue weighted by atomic mass is 9.96. The summed E-state index contributed by atoms with van der Waals surface area (Å²) in [5.41, 5.74) is 0. The number of ether oxygens (including phenoxy) is 1. The largest absolute Gasteiger partial charge is 0.460 e. The van der Waals surface area contributed by atoms with Gasteiger partial charge in [-0.25, -0.2) is 0 Å². The number of halogens is 12. The second kappa shape index (κ2) is 7.41. The van der Waals surface area contributed by atoms with E-state index in [1.165, 1.54) is 6.07 Å². The highest BCUT2D eigenvalue weighted by Gasteiger charge is 2.88. The van der Waals surface area contributed by atoms with Gasteiger partial charge in [-0.15, -0.1) is 0 Å². The molecule has 1 rings (SSSR count). The summed E-state index contributed by atoms with van der Waals surface area (Å²) in [7, 11) is 0. The van der Waals surface area contributed by atoms with Crippen molar-refractivity contribution in [3.05, 3.63) is 41.1 Å². The third-order valence-electron chi connectivity index (χ3n) is 3.12. The van der Waals surface area contributed by atoms with Gasteiger partial charge in [0.1, 0.15) is 12.0 Å². The van der Waals surface area contributed by atoms with Crippen LogP contribution in [0.25, 0.3) is 0 Å². The Labute approximate surface area is 153 Å². The molecule has 0 N–H and O–H groups in total. The zero-order chi connectivity index (χ0) is 22.2. The van der Waals surface area contributed by atoms with Gasteiger partial charge in [-0.2, -0.15) is 48.3 Å². The van der Waals surface area contributed by atoms with Crippen molar-refractivity contribution >= 4 is 17.9 Å². The van der Waals surface area contributed by atoms with E-state index in [4.69, 9.17) is 11.6 Å². The van der Waals surface area contributed by atoms with Crippen LogP contribution in [0, 0.1) is 0 Å². The Hall–Kier alpha value is -2.05. The molecule has 0 aliphatic heterocycles. The van der Waals surface area contributed by atoms with Crippen LogP contribution in [0.2, 0.25) is 5.02 Å². The summed E-state index contributed by atoms with van der Waals surface area (Å²) in [6.07, 6.45) is -8.52. The molecule has 0 amide bonds. The maximum Gasteiger partial charge on any atom is 0.460 e. The molecule has 0 radical (unpaired) electrons. The van der Waals surface area contributed by atoms with Crippen molar-refractivity contribution in [3.63, 3.8) is 0 Å². The molecule has 158 valence electrons. The lowest BCUT2D eigenvalue weighted by Gasteiger charge is -2.37.